The summed E-state index contributed by atoms with van der Waals surface area (Å²) in [5.74, 6) is 0.826. The minimum Gasteiger partial charge on any atom is -0.313 e. The van der Waals surface area contributed by atoms with Crippen LogP contribution in [0.4, 0.5) is 0 Å². The maximum atomic E-state index is 11.1. The predicted molar refractivity (Wildman–Crippen MR) is 74.4 cm³/mol. The Morgan fingerprint density at radius 2 is 2.00 bits per heavy atom. The van der Waals surface area contributed by atoms with Gasteiger partial charge in [-0.25, -0.2) is 8.42 Å². The zero-order valence-corrected chi connectivity index (χ0v) is 12.1. The van der Waals surface area contributed by atoms with Crippen LogP contribution in [0.5, 0.6) is 0 Å². The molecule has 1 atom stereocenters. The van der Waals surface area contributed by atoms with Crippen molar-refractivity contribution in [3.8, 4) is 0 Å². The molecule has 96 valence electrons. The van der Waals surface area contributed by atoms with Crippen molar-refractivity contribution in [2.45, 2.75) is 17.9 Å². The van der Waals surface area contributed by atoms with E-state index in [1.165, 1.54) is 11.8 Å². The first-order chi connectivity index (χ1) is 7.94. The van der Waals surface area contributed by atoms with Crippen LogP contribution in [0.2, 0.25) is 0 Å². The highest BCUT2D eigenvalue weighted by molar-refractivity contribution is 8.00. The van der Waals surface area contributed by atoms with E-state index in [1.807, 2.05) is 25.2 Å². The first-order valence-corrected chi connectivity index (χ1v) is 8.55. The smallest absolute Gasteiger partial charge is 0.148 e. The fourth-order valence-corrected chi connectivity index (χ4v) is 3.78. The normalized spacial score (nSPS) is 13.6. The van der Waals surface area contributed by atoms with Gasteiger partial charge in [-0.3, -0.25) is 0 Å². The van der Waals surface area contributed by atoms with Crippen molar-refractivity contribution >= 4 is 21.6 Å². The molecule has 0 aliphatic carbocycles. The van der Waals surface area contributed by atoms with Gasteiger partial charge in [0, 0.05) is 22.9 Å². The third-order valence-electron chi connectivity index (χ3n) is 2.53. The second-order valence-corrected chi connectivity index (χ2v) is 7.42. The average Bonchev–Trinajstić information content (AvgIpc) is 2.27. The van der Waals surface area contributed by atoms with Gasteiger partial charge in [0.05, 0.1) is 5.75 Å². The summed E-state index contributed by atoms with van der Waals surface area (Å²) in [5, 5.41) is 3.20. The summed E-state index contributed by atoms with van der Waals surface area (Å²) < 4.78 is 22.1. The highest BCUT2D eigenvalue weighted by Gasteiger charge is 2.09. The molecule has 1 rings (SSSR count). The summed E-state index contributed by atoms with van der Waals surface area (Å²) in [6.07, 6.45) is 1.27. The molecule has 1 aromatic carbocycles. The lowest BCUT2D eigenvalue weighted by molar-refractivity contribution is 0.603. The molecule has 5 heteroatoms. The Kier molecular flexibility index (Phi) is 5.49. The molecule has 0 fully saturated rings. The SMILES string of the molecule is CNC(C)c1ccccc1SCCS(C)(=O)=O. The summed E-state index contributed by atoms with van der Waals surface area (Å²) in [7, 11) is -0.950. The maximum Gasteiger partial charge on any atom is 0.148 e. The standard InChI is InChI=1S/C12H19NO2S2/c1-10(13-2)11-6-4-5-7-12(11)16-8-9-17(3,14)15/h4-7,10,13H,8-9H2,1-3H3. The van der Waals surface area contributed by atoms with Gasteiger partial charge in [-0.1, -0.05) is 18.2 Å². The molecule has 1 aromatic rings. The van der Waals surface area contributed by atoms with E-state index < -0.39 is 9.84 Å². The number of hydrogen-bond donors (Lipinski definition) is 1. The van der Waals surface area contributed by atoms with Gasteiger partial charge in [-0.05, 0) is 25.6 Å². The second-order valence-electron chi connectivity index (χ2n) is 4.03. The van der Waals surface area contributed by atoms with Crippen LogP contribution in [0.15, 0.2) is 29.2 Å². The molecule has 0 heterocycles. The van der Waals surface area contributed by atoms with Crippen LogP contribution in [0.25, 0.3) is 0 Å². The van der Waals surface area contributed by atoms with Gasteiger partial charge in [0.1, 0.15) is 9.84 Å². The first-order valence-electron chi connectivity index (χ1n) is 5.51. The Hall–Kier alpha value is -0.520. The van der Waals surface area contributed by atoms with Crippen LogP contribution in [-0.2, 0) is 9.84 Å². The third kappa shape index (κ3) is 5.10. The highest BCUT2D eigenvalue weighted by atomic mass is 32.2. The van der Waals surface area contributed by atoms with E-state index in [0.29, 0.717) is 5.75 Å². The summed E-state index contributed by atoms with van der Waals surface area (Å²) in [6.45, 7) is 2.09. The largest absolute Gasteiger partial charge is 0.313 e. The summed E-state index contributed by atoms with van der Waals surface area (Å²) in [4.78, 5) is 1.15. The van der Waals surface area contributed by atoms with Gasteiger partial charge in [0.2, 0.25) is 0 Å². The van der Waals surface area contributed by atoms with Crippen LogP contribution in [0, 0.1) is 0 Å². The molecule has 0 saturated heterocycles. The Balaban J connectivity index is 2.70. The van der Waals surface area contributed by atoms with Crippen molar-refractivity contribution in [3.63, 3.8) is 0 Å². The molecule has 0 aliphatic rings. The molecule has 1 N–H and O–H groups in total. The molecule has 0 aliphatic heterocycles. The second kappa shape index (κ2) is 6.42. The van der Waals surface area contributed by atoms with Crippen LogP contribution >= 0.6 is 11.8 Å². The molecular weight excluding hydrogens is 254 g/mol. The molecule has 17 heavy (non-hydrogen) atoms. The van der Waals surface area contributed by atoms with E-state index in [-0.39, 0.29) is 11.8 Å². The van der Waals surface area contributed by atoms with Gasteiger partial charge in [0.25, 0.3) is 0 Å². The quantitative estimate of drug-likeness (QED) is 0.806. The van der Waals surface area contributed by atoms with Crippen molar-refractivity contribution in [3.05, 3.63) is 29.8 Å². The fourth-order valence-electron chi connectivity index (χ4n) is 1.43. The molecule has 0 radical (unpaired) electrons. The Morgan fingerprint density at radius 1 is 1.35 bits per heavy atom. The summed E-state index contributed by atoms with van der Waals surface area (Å²) in [5.41, 5.74) is 1.22. The Labute approximate surface area is 108 Å². The van der Waals surface area contributed by atoms with Gasteiger partial charge in [-0.15, -0.1) is 11.8 Å². The van der Waals surface area contributed by atoms with Gasteiger partial charge in [0.15, 0.2) is 0 Å². The molecule has 0 spiro atoms. The van der Waals surface area contributed by atoms with E-state index in [1.54, 1.807) is 11.8 Å². The minimum atomic E-state index is -2.87. The van der Waals surface area contributed by atoms with E-state index in [0.717, 1.165) is 4.90 Å². The average molecular weight is 273 g/mol. The molecule has 0 bridgehead atoms. The van der Waals surface area contributed by atoms with Gasteiger partial charge in [-0.2, -0.15) is 0 Å². The van der Waals surface area contributed by atoms with Crippen LogP contribution in [0.3, 0.4) is 0 Å². The Morgan fingerprint density at radius 3 is 2.59 bits per heavy atom. The maximum absolute atomic E-state index is 11.1. The lowest BCUT2D eigenvalue weighted by atomic mass is 10.1. The van der Waals surface area contributed by atoms with Crippen molar-refractivity contribution in [1.82, 2.24) is 5.32 Å². The molecule has 0 amide bonds. The summed E-state index contributed by atoms with van der Waals surface area (Å²) >= 11 is 1.60. The predicted octanol–water partition coefficient (Wildman–Crippen LogP) is 2.10. The van der Waals surface area contributed by atoms with Crippen molar-refractivity contribution < 1.29 is 8.42 Å². The number of benzene rings is 1. The number of hydrogen-bond acceptors (Lipinski definition) is 4. The van der Waals surface area contributed by atoms with E-state index in [4.69, 9.17) is 0 Å². The Bertz CT molecular complexity index is 457. The van der Waals surface area contributed by atoms with Crippen molar-refractivity contribution in [1.29, 1.82) is 0 Å². The van der Waals surface area contributed by atoms with E-state index >= 15 is 0 Å². The van der Waals surface area contributed by atoms with E-state index in [9.17, 15) is 8.42 Å². The molecule has 0 aromatic heterocycles. The number of sulfone groups is 1. The highest BCUT2D eigenvalue weighted by Crippen LogP contribution is 2.27. The lowest BCUT2D eigenvalue weighted by Gasteiger charge is -2.15. The lowest BCUT2D eigenvalue weighted by Crippen LogP contribution is -2.13. The molecular formula is C12H19NO2S2. The molecule has 0 saturated carbocycles. The van der Waals surface area contributed by atoms with Crippen molar-refractivity contribution in [2.75, 3.05) is 24.8 Å². The van der Waals surface area contributed by atoms with E-state index in [2.05, 4.69) is 18.3 Å². The topological polar surface area (TPSA) is 46.2 Å². The van der Waals surface area contributed by atoms with Crippen molar-refractivity contribution in [2.24, 2.45) is 0 Å². The number of rotatable bonds is 6. The first kappa shape index (κ1) is 14.5. The number of nitrogens with one attached hydrogen (secondary N) is 1. The molecule has 3 nitrogen and oxygen atoms in total. The summed E-state index contributed by atoms with van der Waals surface area (Å²) in [6, 6.07) is 8.37. The zero-order chi connectivity index (χ0) is 12.9. The zero-order valence-electron chi connectivity index (χ0n) is 10.4. The monoisotopic (exact) mass is 273 g/mol. The van der Waals surface area contributed by atoms with Gasteiger partial charge >= 0.3 is 0 Å². The third-order valence-corrected chi connectivity index (χ3v) is 4.83. The van der Waals surface area contributed by atoms with Crippen LogP contribution in [-0.4, -0.2) is 33.2 Å². The van der Waals surface area contributed by atoms with Crippen LogP contribution in [0.1, 0.15) is 18.5 Å². The fraction of sp³-hybridized carbons (Fsp3) is 0.500. The molecule has 1 unspecified atom stereocenters. The van der Waals surface area contributed by atoms with Crippen LogP contribution < -0.4 is 5.32 Å². The van der Waals surface area contributed by atoms with Gasteiger partial charge < -0.3 is 5.32 Å². The number of thioether (sulfide) groups is 1. The minimum absolute atomic E-state index is 0.222.